The summed E-state index contributed by atoms with van der Waals surface area (Å²) in [6, 6.07) is 11.7. The van der Waals surface area contributed by atoms with Crippen molar-refractivity contribution in [1.29, 1.82) is 0 Å². The maximum absolute atomic E-state index is 5.22. The third kappa shape index (κ3) is 1.76. The summed E-state index contributed by atoms with van der Waals surface area (Å²) in [5.41, 5.74) is 1.77. The molecule has 2 heterocycles. The van der Waals surface area contributed by atoms with Crippen molar-refractivity contribution in [3.63, 3.8) is 0 Å². The molecule has 3 rings (SSSR count). The third-order valence-electron chi connectivity index (χ3n) is 2.72. The minimum absolute atomic E-state index is 0.796. The first-order valence-corrected chi connectivity index (χ1v) is 6.22. The zero-order valence-corrected chi connectivity index (χ0v) is 11.3. The first-order valence-electron chi connectivity index (χ1n) is 5.43. The predicted molar refractivity (Wildman–Crippen MR) is 72.7 cm³/mol. The molecular weight excluding hydrogens is 294 g/mol. The lowest BCUT2D eigenvalue weighted by atomic mass is 10.2. The molecule has 0 N–H and O–H groups in total. The number of aromatic nitrogens is 3. The molecule has 0 saturated heterocycles. The van der Waals surface area contributed by atoms with Gasteiger partial charge in [0, 0.05) is 11.8 Å². The van der Waals surface area contributed by atoms with Crippen LogP contribution in [-0.4, -0.2) is 21.7 Å². The Morgan fingerprint density at radius 1 is 1.17 bits per heavy atom. The third-order valence-corrected chi connectivity index (χ3v) is 3.33. The Kier molecular flexibility index (Phi) is 2.76. The van der Waals surface area contributed by atoms with Crippen LogP contribution in [0.15, 0.2) is 47.1 Å². The van der Waals surface area contributed by atoms with Crippen LogP contribution in [0.3, 0.4) is 0 Å². The maximum Gasteiger partial charge on any atom is 0.175 e. The highest BCUT2D eigenvalue weighted by Gasteiger charge is 2.10. The van der Waals surface area contributed by atoms with Crippen molar-refractivity contribution in [1.82, 2.24) is 14.6 Å². The predicted octanol–water partition coefficient (Wildman–Crippen LogP) is 3.17. The second kappa shape index (κ2) is 4.42. The Balaban J connectivity index is 2.22. The van der Waals surface area contributed by atoms with Gasteiger partial charge in [-0.3, -0.25) is 4.40 Å². The lowest BCUT2D eigenvalue weighted by Crippen LogP contribution is -1.90. The Morgan fingerprint density at radius 3 is 2.89 bits per heavy atom. The van der Waals surface area contributed by atoms with Crippen LogP contribution in [-0.2, 0) is 0 Å². The first-order chi connectivity index (χ1) is 8.79. The van der Waals surface area contributed by atoms with E-state index in [1.807, 2.05) is 47.0 Å². The van der Waals surface area contributed by atoms with Gasteiger partial charge in [-0.2, -0.15) is 0 Å². The number of fused-ring (bicyclic) bond motifs is 1. The van der Waals surface area contributed by atoms with Gasteiger partial charge in [0.25, 0.3) is 0 Å². The van der Waals surface area contributed by atoms with Gasteiger partial charge in [0.1, 0.15) is 5.75 Å². The van der Waals surface area contributed by atoms with Gasteiger partial charge < -0.3 is 4.74 Å². The standard InChI is InChI=1S/C13H10BrN3O/c1-18-10-5-2-4-9(8-10)12-15-16-13-11(14)6-3-7-17(12)13/h2-8H,1H3. The molecule has 0 bridgehead atoms. The average molecular weight is 304 g/mol. The average Bonchev–Trinajstić information content (AvgIpc) is 2.84. The van der Waals surface area contributed by atoms with E-state index in [0.29, 0.717) is 0 Å². The Labute approximate surface area is 112 Å². The molecule has 4 nitrogen and oxygen atoms in total. The van der Waals surface area contributed by atoms with E-state index in [4.69, 9.17) is 4.74 Å². The summed E-state index contributed by atoms with van der Waals surface area (Å²) in [4.78, 5) is 0. The number of hydrogen-bond donors (Lipinski definition) is 0. The fourth-order valence-electron chi connectivity index (χ4n) is 1.84. The largest absolute Gasteiger partial charge is 0.497 e. The van der Waals surface area contributed by atoms with Crippen LogP contribution in [0.1, 0.15) is 0 Å². The zero-order valence-electron chi connectivity index (χ0n) is 9.67. The molecule has 0 radical (unpaired) electrons. The highest BCUT2D eigenvalue weighted by atomic mass is 79.9. The normalized spacial score (nSPS) is 10.8. The van der Waals surface area contributed by atoms with Crippen molar-refractivity contribution < 1.29 is 4.74 Å². The van der Waals surface area contributed by atoms with E-state index in [1.54, 1.807) is 7.11 Å². The molecule has 0 aliphatic carbocycles. The smallest absolute Gasteiger partial charge is 0.175 e. The minimum atomic E-state index is 0.796. The summed E-state index contributed by atoms with van der Waals surface area (Å²) in [6.45, 7) is 0. The fourth-order valence-corrected chi connectivity index (χ4v) is 2.27. The molecule has 0 aliphatic heterocycles. The van der Waals surface area contributed by atoms with Crippen molar-refractivity contribution in [3.8, 4) is 17.1 Å². The molecule has 5 heteroatoms. The number of halogens is 1. The van der Waals surface area contributed by atoms with E-state index in [9.17, 15) is 0 Å². The van der Waals surface area contributed by atoms with Crippen molar-refractivity contribution in [3.05, 3.63) is 47.1 Å². The number of methoxy groups -OCH3 is 1. The van der Waals surface area contributed by atoms with E-state index in [2.05, 4.69) is 26.1 Å². The number of ether oxygens (including phenoxy) is 1. The topological polar surface area (TPSA) is 39.4 Å². The number of benzene rings is 1. The van der Waals surface area contributed by atoms with Crippen LogP contribution in [0.25, 0.3) is 17.0 Å². The van der Waals surface area contributed by atoms with E-state index in [1.165, 1.54) is 0 Å². The second-order valence-electron chi connectivity index (χ2n) is 3.81. The molecule has 0 spiro atoms. The van der Waals surface area contributed by atoms with Crippen molar-refractivity contribution >= 4 is 21.6 Å². The van der Waals surface area contributed by atoms with Crippen LogP contribution >= 0.6 is 15.9 Å². The summed E-state index contributed by atoms with van der Waals surface area (Å²) in [5, 5.41) is 8.40. The summed E-state index contributed by atoms with van der Waals surface area (Å²) in [5.74, 6) is 1.60. The van der Waals surface area contributed by atoms with E-state index >= 15 is 0 Å². The van der Waals surface area contributed by atoms with Gasteiger partial charge in [0.05, 0.1) is 11.6 Å². The molecule has 0 atom stereocenters. The van der Waals surface area contributed by atoms with Crippen LogP contribution in [0.4, 0.5) is 0 Å². The lowest BCUT2D eigenvalue weighted by molar-refractivity contribution is 0.415. The minimum Gasteiger partial charge on any atom is -0.497 e. The van der Waals surface area contributed by atoms with Gasteiger partial charge in [0.15, 0.2) is 11.5 Å². The number of pyridine rings is 1. The molecule has 1 aromatic carbocycles. The molecule has 0 aliphatic rings. The Hall–Kier alpha value is -1.88. The number of hydrogen-bond acceptors (Lipinski definition) is 3. The van der Waals surface area contributed by atoms with Gasteiger partial charge >= 0.3 is 0 Å². The summed E-state index contributed by atoms with van der Waals surface area (Å²) < 4.78 is 8.09. The van der Waals surface area contributed by atoms with Crippen LogP contribution in [0, 0.1) is 0 Å². The molecule has 0 unspecified atom stereocenters. The van der Waals surface area contributed by atoms with Gasteiger partial charge in [-0.25, -0.2) is 0 Å². The van der Waals surface area contributed by atoms with E-state index in [-0.39, 0.29) is 0 Å². The molecule has 3 aromatic rings. The first kappa shape index (κ1) is 11.2. The van der Waals surface area contributed by atoms with Crippen LogP contribution in [0.2, 0.25) is 0 Å². The van der Waals surface area contributed by atoms with Crippen molar-refractivity contribution in [2.75, 3.05) is 7.11 Å². The summed E-state index contributed by atoms with van der Waals surface area (Å²) in [7, 11) is 1.65. The van der Waals surface area contributed by atoms with E-state index in [0.717, 1.165) is 27.3 Å². The molecular formula is C13H10BrN3O. The highest BCUT2D eigenvalue weighted by Crippen LogP contribution is 2.25. The maximum atomic E-state index is 5.22. The number of rotatable bonds is 2. The van der Waals surface area contributed by atoms with Crippen molar-refractivity contribution in [2.45, 2.75) is 0 Å². The molecule has 2 aromatic heterocycles. The van der Waals surface area contributed by atoms with Crippen molar-refractivity contribution in [2.24, 2.45) is 0 Å². The van der Waals surface area contributed by atoms with E-state index < -0.39 is 0 Å². The Bertz CT molecular complexity index is 708. The molecule has 18 heavy (non-hydrogen) atoms. The summed E-state index contributed by atoms with van der Waals surface area (Å²) >= 11 is 3.46. The molecule has 0 fully saturated rings. The van der Waals surface area contributed by atoms with Gasteiger partial charge in [-0.05, 0) is 40.2 Å². The van der Waals surface area contributed by atoms with Gasteiger partial charge in [-0.15, -0.1) is 10.2 Å². The lowest BCUT2D eigenvalue weighted by Gasteiger charge is -2.03. The van der Waals surface area contributed by atoms with Gasteiger partial charge in [-0.1, -0.05) is 12.1 Å². The number of nitrogens with zero attached hydrogens (tertiary/aromatic N) is 3. The second-order valence-corrected chi connectivity index (χ2v) is 4.66. The van der Waals surface area contributed by atoms with Gasteiger partial charge in [0.2, 0.25) is 0 Å². The molecule has 0 saturated carbocycles. The SMILES string of the molecule is COc1cccc(-c2nnc3c(Br)cccn23)c1. The zero-order chi connectivity index (χ0) is 12.5. The highest BCUT2D eigenvalue weighted by molar-refractivity contribution is 9.10. The fraction of sp³-hybridized carbons (Fsp3) is 0.0769. The van der Waals surface area contributed by atoms with Crippen LogP contribution in [0.5, 0.6) is 5.75 Å². The summed E-state index contributed by atoms with van der Waals surface area (Å²) in [6.07, 6.45) is 1.94. The monoisotopic (exact) mass is 303 g/mol. The van der Waals surface area contributed by atoms with Crippen LogP contribution < -0.4 is 4.74 Å². The Morgan fingerprint density at radius 2 is 2.06 bits per heavy atom. The molecule has 0 amide bonds. The quantitative estimate of drug-likeness (QED) is 0.730. The molecule has 90 valence electrons.